The molecule has 0 fully saturated rings. The average Bonchev–Trinajstić information content (AvgIpc) is 2.28. The zero-order valence-electron chi connectivity index (χ0n) is 10.0. The summed E-state index contributed by atoms with van der Waals surface area (Å²) in [7, 11) is 0. The summed E-state index contributed by atoms with van der Waals surface area (Å²) in [5.74, 6) is -2.23. The van der Waals surface area contributed by atoms with Crippen molar-refractivity contribution in [3.05, 3.63) is 46.5 Å². The highest BCUT2D eigenvalue weighted by Crippen LogP contribution is 2.29. The Bertz CT molecular complexity index is 616. The topological polar surface area (TPSA) is 74.6 Å². The van der Waals surface area contributed by atoms with Crippen LogP contribution >= 0.6 is 0 Å². The Labute approximate surface area is 103 Å². The molecular weight excluding hydrogens is 232 g/mol. The fourth-order valence-corrected chi connectivity index (χ4v) is 2.23. The Kier molecular flexibility index (Phi) is 2.79. The summed E-state index contributed by atoms with van der Waals surface area (Å²) in [6.07, 6.45) is 0. The Morgan fingerprint density at radius 3 is 1.50 bits per heavy atom. The van der Waals surface area contributed by atoms with Gasteiger partial charge in [0.15, 0.2) is 0 Å². The summed E-state index contributed by atoms with van der Waals surface area (Å²) in [5, 5.41) is 19.4. The molecule has 0 amide bonds. The van der Waals surface area contributed by atoms with Crippen LogP contribution in [0.4, 0.5) is 0 Å². The predicted molar refractivity (Wildman–Crippen MR) is 67.3 cm³/mol. The minimum atomic E-state index is -1.12. The van der Waals surface area contributed by atoms with Crippen LogP contribution in [0, 0.1) is 13.8 Å². The molecule has 0 radical (unpaired) electrons. The van der Waals surface area contributed by atoms with Crippen molar-refractivity contribution in [3.8, 4) is 0 Å². The third kappa shape index (κ3) is 1.72. The molecule has 0 saturated carbocycles. The van der Waals surface area contributed by atoms with Gasteiger partial charge in [-0.3, -0.25) is 0 Å². The van der Waals surface area contributed by atoms with E-state index in [1.807, 2.05) is 13.8 Å². The summed E-state index contributed by atoms with van der Waals surface area (Å²) >= 11 is 0. The maximum atomic E-state index is 11.2. The van der Waals surface area contributed by atoms with E-state index < -0.39 is 11.9 Å². The van der Waals surface area contributed by atoms with Gasteiger partial charge in [-0.05, 0) is 42.5 Å². The summed E-state index contributed by atoms with van der Waals surface area (Å²) in [5.41, 5.74) is 1.79. The fourth-order valence-electron chi connectivity index (χ4n) is 2.23. The van der Waals surface area contributed by atoms with Crippen LogP contribution < -0.4 is 0 Å². The number of rotatable bonds is 2. The Balaban J connectivity index is 3.06. The first-order valence-electron chi connectivity index (χ1n) is 5.43. The molecule has 4 heteroatoms. The molecular formula is C14H12O4. The van der Waals surface area contributed by atoms with Gasteiger partial charge in [-0.15, -0.1) is 0 Å². The molecule has 0 aliphatic heterocycles. The predicted octanol–water partition coefficient (Wildman–Crippen LogP) is 2.85. The van der Waals surface area contributed by atoms with Gasteiger partial charge in [-0.25, -0.2) is 9.59 Å². The number of benzene rings is 2. The number of carboxylic acids is 2. The van der Waals surface area contributed by atoms with E-state index in [1.54, 1.807) is 12.1 Å². The van der Waals surface area contributed by atoms with E-state index in [1.165, 1.54) is 12.1 Å². The lowest BCUT2D eigenvalue weighted by molar-refractivity contribution is 0.0695. The highest BCUT2D eigenvalue weighted by Gasteiger charge is 2.18. The number of fused-ring (bicyclic) bond motifs is 1. The number of hydrogen-bond acceptors (Lipinski definition) is 2. The van der Waals surface area contributed by atoms with Gasteiger partial charge in [0, 0.05) is 5.39 Å². The molecule has 0 heterocycles. The molecule has 92 valence electrons. The molecule has 0 saturated heterocycles. The molecule has 2 rings (SSSR count). The first-order valence-corrected chi connectivity index (χ1v) is 5.43. The van der Waals surface area contributed by atoms with E-state index in [-0.39, 0.29) is 11.1 Å². The van der Waals surface area contributed by atoms with Crippen LogP contribution in [0.25, 0.3) is 10.8 Å². The smallest absolute Gasteiger partial charge is 0.336 e. The molecule has 4 nitrogen and oxygen atoms in total. The quantitative estimate of drug-likeness (QED) is 0.851. The zero-order chi connectivity index (χ0) is 13.4. The molecule has 0 bridgehead atoms. The summed E-state index contributed by atoms with van der Waals surface area (Å²) in [6, 6.07) is 6.30. The third-order valence-corrected chi connectivity index (χ3v) is 3.04. The number of aromatic carboxylic acids is 2. The van der Waals surface area contributed by atoms with Gasteiger partial charge in [-0.1, -0.05) is 12.1 Å². The second kappa shape index (κ2) is 4.14. The normalized spacial score (nSPS) is 10.6. The molecule has 0 aliphatic carbocycles. The third-order valence-electron chi connectivity index (χ3n) is 3.04. The molecule has 2 aromatic carbocycles. The standard InChI is InChI=1S/C14H12O4/c1-7-3-5-9(13(15)16)12-10(14(17)18)6-4-8(2)11(7)12/h3-6H,1-2H3,(H,15,16)(H,17,18). The largest absolute Gasteiger partial charge is 0.478 e. The maximum absolute atomic E-state index is 11.2. The fraction of sp³-hybridized carbons (Fsp3) is 0.143. The van der Waals surface area contributed by atoms with Crippen molar-refractivity contribution in [2.24, 2.45) is 0 Å². The van der Waals surface area contributed by atoms with Crippen LogP contribution in [0.5, 0.6) is 0 Å². The van der Waals surface area contributed by atoms with Crippen molar-refractivity contribution in [1.82, 2.24) is 0 Å². The lowest BCUT2D eigenvalue weighted by Crippen LogP contribution is -2.05. The van der Waals surface area contributed by atoms with Crippen LogP contribution in [0.3, 0.4) is 0 Å². The molecule has 0 unspecified atom stereocenters. The zero-order valence-corrected chi connectivity index (χ0v) is 10.0. The summed E-state index contributed by atoms with van der Waals surface area (Å²) < 4.78 is 0. The van der Waals surface area contributed by atoms with E-state index in [0.717, 1.165) is 11.1 Å². The van der Waals surface area contributed by atoms with Crippen molar-refractivity contribution >= 4 is 22.7 Å². The minimum Gasteiger partial charge on any atom is -0.478 e. The second-order valence-corrected chi connectivity index (χ2v) is 4.22. The number of hydrogen-bond donors (Lipinski definition) is 2. The highest BCUT2D eigenvalue weighted by atomic mass is 16.4. The number of carboxylic acid groups (broad SMARTS) is 2. The highest BCUT2D eigenvalue weighted by molar-refractivity contribution is 6.14. The van der Waals surface area contributed by atoms with E-state index in [4.69, 9.17) is 0 Å². The van der Waals surface area contributed by atoms with Crippen molar-refractivity contribution in [2.45, 2.75) is 13.8 Å². The van der Waals surface area contributed by atoms with E-state index in [0.29, 0.717) is 10.8 Å². The van der Waals surface area contributed by atoms with Crippen LogP contribution in [0.2, 0.25) is 0 Å². The molecule has 0 aromatic heterocycles. The molecule has 0 spiro atoms. The maximum Gasteiger partial charge on any atom is 0.336 e. The Hall–Kier alpha value is -2.36. The van der Waals surface area contributed by atoms with E-state index in [9.17, 15) is 19.8 Å². The molecule has 0 atom stereocenters. The molecule has 2 N–H and O–H groups in total. The van der Waals surface area contributed by atoms with Crippen molar-refractivity contribution in [2.75, 3.05) is 0 Å². The molecule has 0 aliphatic rings. The lowest BCUT2D eigenvalue weighted by Gasteiger charge is -2.11. The monoisotopic (exact) mass is 244 g/mol. The van der Waals surface area contributed by atoms with Crippen LogP contribution in [0.1, 0.15) is 31.8 Å². The van der Waals surface area contributed by atoms with Gasteiger partial charge in [0.1, 0.15) is 0 Å². The Morgan fingerprint density at radius 1 is 0.778 bits per heavy atom. The summed E-state index contributed by atoms with van der Waals surface area (Å²) in [6.45, 7) is 3.68. The van der Waals surface area contributed by atoms with Gasteiger partial charge >= 0.3 is 11.9 Å². The first-order chi connectivity index (χ1) is 8.43. The van der Waals surface area contributed by atoms with Crippen molar-refractivity contribution in [3.63, 3.8) is 0 Å². The lowest BCUT2D eigenvalue weighted by atomic mass is 9.93. The molecule has 18 heavy (non-hydrogen) atoms. The Morgan fingerprint density at radius 2 is 1.17 bits per heavy atom. The SMILES string of the molecule is Cc1ccc(C(=O)O)c2c(C(=O)O)ccc(C)c12. The minimum absolute atomic E-state index is 0.0247. The van der Waals surface area contributed by atoms with Crippen LogP contribution in [-0.4, -0.2) is 22.2 Å². The van der Waals surface area contributed by atoms with E-state index in [2.05, 4.69) is 0 Å². The van der Waals surface area contributed by atoms with Crippen molar-refractivity contribution < 1.29 is 19.8 Å². The van der Waals surface area contributed by atoms with Gasteiger partial charge in [0.2, 0.25) is 0 Å². The van der Waals surface area contributed by atoms with Crippen LogP contribution in [-0.2, 0) is 0 Å². The first kappa shape index (κ1) is 12.1. The van der Waals surface area contributed by atoms with Gasteiger partial charge in [0.25, 0.3) is 0 Å². The molecule has 2 aromatic rings. The van der Waals surface area contributed by atoms with Gasteiger partial charge < -0.3 is 10.2 Å². The van der Waals surface area contributed by atoms with Gasteiger partial charge in [-0.2, -0.15) is 0 Å². The second-order valence-electron chi connectivity index (χ2n) is 4.22. The summed E-state index contributed by atoms with van der Waals surface area (Å²) in [4.78, 5) is 22.4. The number of carbonyl (C=O) groups is 2. The number of aryl methyl sites for hydroxylation is 2. The van der Waals surface area contributed by atoms with Gasteiger partial charge in [0.05, 0.1) is 11.1 Å². The average molecular weight is 244 g/mol. The van der Waals surface area contributed by atoms with E-state index >= 15 is 0 Å². The van der Waals surface area contributed by atoms with Crippen molar-refractivity contribution in [1.29, 1.82) is 0 Å². The van der Waals surface area contributed by atoms with Crippen LogP contribution in [0.15, 0.2) is 24.3 Å².